The van der Waals surface area contributed by atoms with Gasteiger partial charge in [0.2, 0.25) is 0 Å². The molecular formula is C14H21N3O. The third kappa shape index (κ3) is 3.31. The normalized spacial score (nSPS) is 23.7. The highest BCUT2D eigenvalue weighted by atomic mass is 16.1. The van der Waals surface area contributed by atoms with E-state index in [-0.39, 0.29) is 11.9 Å². The van der Waals surface area contributed by atoms with Crippen molar-refractivity contribution in [1.29, 1.82) is 0 Å². The van der Waals surface area contributed by atoms with Gasteiger partial charge in [0.1, 0.15) is 0 Å². The first-order valence-electron chi connectivity index (χ1n) is 6.54. The van der Waals surface area contributed by atoms with E-state index in [1.165, 1.54) is 0 Å². The summed E-state index contributed by atoms with van der Waals surface area (Å²) in [5, 5.41) is 3.07. The maximum atomic E-state index is 12.0. The highest BCUT2D eigenvalue weighted by molar-refractivity contribution is 5.94. The van der Waals surface area contributed by atoms with Crippen LogP contribution >= 0.6 is 0 Å². The molecule has 0 radical (unpaired) electrons. The van der Waals surface area contributed by atoms with E-state index in [1.807, 2.05) is 24.3 Å². The third-order valence-corrected chi connectivity index (χ3v) is 3.56. The van der Waals surface area contributed by atoms with Gasteiger partial charge in [0.25, 0.3) is 5.91 Å². The lowest BCUT2D eigenvalue weighted by Gasteiger charge is -2.26. The van der Waals surface area contributed by atoms with Gasteiger partial charge in [-0.3, -0.25) is 4.79 Å². The van der Waals surface area contributed by atoms with Crippen LogP contribution in [0.4, 0.5) is 0 Å². The van der Waals surface area contributed by atoms with Crippen LogP contribution in [0.1, 0.15) is 41.6 Å². The number of nitrogens with two attached hydrogens (primary N) is 2. The molecule has 0 heterocycles. The van der Waals surface area contributed by atoms with E-state index < -0.39 is 0 Å². The molecule has 1 aliphatic rings. The molecule has 2 rings (SSSR count). The minimum absolute atomic E-state index is 0.000886. The molecule has 0 bridgehead atoms. The Hall–Kier alpha value is -1.39. The molecule has 1 aromatic rings. The van der Waals surface area contributed by atoms with Gasteiger partial charge in [-0.25, -0.2) is 0 Å². The highest BCUT2D eigenvalue weighted by Crippen LogP contribution is 2.17. The second-order valence-corrected chi connectivity index (χ2v) is 4.99. The fourth-order valence-electron chi connectivity index (χ4n) is 2.32. The van der Waals surface area contributed by atoms with Gasteiger partial charge < -0.3 is 16.8 Å². The molecule has 5 N–H and O–H groups in total. The highest BCUT2D eigenvalue weighted by Gasteiger charge is 2.20. The van der Waals surface area contributed by atoms with Crippen LogP contribution in [-0.2, 0) is 6.54 Å². The molecule has 98 valence electrons. The van der Waals surface area contributed by atoms with E-state index in [0.29, 0.717) is 18.2 Å². The van der Waals surface area contributed by atoms with Gasteiger partial charge in [-0.2, -0.15) is 0 Å². The summed E-state index contributed by atoms with van der Waals surface area (Å²) in [5.74, 6) is -0.000886. The molecule has 0 saturated heterocycles. The van der Waals surface area contributed by atoms with E-state index in [4.69, 9.17) is 11.5 Å². The van der Waals surface area contributed by atoms with Crippen LogP contribution in [0.3, 0.4) is 0 Å². The van der Waals surface area contributed by atoms with Crippen LogP contribution in [0, 0.1) is 0 Å². The summed E-state index contributed by atoms with van der Waals surface area (Å²) in [6, 6.07) is 8.02. The lowest BCUT2D eigenvalue weighted by Crippen LogP contribution is -2.40. The summed E-state index contributed by atoms with van der Waals surface area (Å²) < 4.78 is 0. The van der Waals surface area contributed by atoms with Crippen LogP contribution in [0.15, 0.2) is 24.3 Å². The Morgan fingerprint density at radius 3 is 2.33 bits per heavy atom. The number of carbonyl (C=O) groups is 1. The first kappa shape index (κ1) is 13.1. The minimum Gasteiger partial charge on any atom is -0.349 e. The molecule has 0 atom stereocenters. The molecule has 0 unspecified atom stereocenters. The van der Waals surface area contributed by atoms with E-state index in [2.05, 4.69) is 5.32 Å². The van der Waals surface area contributed by atoms with Crippen molar-refractivity contribution in [3.05, 3.63) is 35.4 Å². The Morgan fingerprint density at radius 1 is 1.17 bits per heavy atom. The van der Waals surface area contributed by atoms with E-state index in [9.17, 15) is 4.79 Å². The SMILES string of the molecule is NCc1ccc(C(=O)NC2CCC(N)CC2)cc1. The maximum absolute atomic E-state index is 12.0. The standard InChI is InChI=1S/C14H21N3O/c15-9-10-1-3-11(4-2-10)14(18)17-13-7-5-12(16)6-8-13/h1-4,12-13H,5-9,15-16H2,(H,17,18). The van der Waals surface area contributed by atoms with Crippen molar-refractivity contribution in [2.75, 3.05) is 0 Å². The van der Waals surface area contributed by atoms with Gasteiger partial charge in [-0.05, 0) is 43.4 Å². The van der Waals surface area contributed by atoms with Gasteiger partial charge >= 0.3 is 0 Å². The summed E-state index contributed by atoms with van der Waals surface area (Å²) in [6.07, 6.45) is 3.95. The Labute approximate surface area is 108 Å². The van der Waals surface area contributed by atoms with Gasteiger partial charge in [-0.1, -0.05) is 12.1 Å². The zero-order chi connectivity index (χ0) is 13.0. The second-order valence-electron chi connectivity index (χ2n) is 4.99. The van der Waals surface area contributed by atoms with Crippen molar-refractivity contribution in [1.82, 2.24) is 5.32 Å². The van der Waals surface area contributed by atoms with Crippen LogP contribution < -0.4 is 16.8 Å². The molecule has 1 amide bonds. The van der Waals surface area contributed by atoms with Crippen molar-refractivity contribution >= 4 is 5.91 Å². The van der Waals surface area contributed by atoms with Crippen LogP contribution in [0.2, 0.25) is 0 Å². The molecular weight excluding hydrogens is 226 g/mol. The zero-order valence-electron chi connectivity index (χ0n) is 10.6. The number of amides is 1. The Balaban J connectivity index is 1.90. The monoisotopic (exact) mass is 247 g/mol. The van der Waals surface area contributed by atoms with E-state index >= 15 is 0 Å². The fourth-order valence-corrected chi connectivity index (χ4v) is 2.32. The van der Waals surface area contributed by atoms with Gasteiger partial charge in [0, 0.05) is 24.2 Å². The second kappa shape index (κ2) is 5.98. The van der Waals surface area contributed by atoms with Crippen molar-refractivity contribution < 1.29 is 4.79 Å². The number of benzene rings is 1. The summed E-state index contributed by atoms with van der Waals surface area (Å²) in [7, 11) is 0. The number of hydrogen-bond acceptors (Lipinski definition) is 3. The van der Waals surface area contributed by atoms with E-state index in [0.717, 1.165) is 31.2 Å². The van der Waals surface area contributed by atoms with Gasteiger partial charge in [0.05, 0.1) is 0 Å². The lowest BCUT2D eigenvalue weighted by molar-refractivity contribution is 0.0926. The summed E-state index contributed by atoms with van der Waals surface area (Å²) in [4.78, 5) is 12.0. The molecule has 0 aliphatic heterocycles. The summed E-state index contributed by atoms with van der Waals surface area (Å²) in [5.41, 5.74) is 13.1. The van der Waals surface area contributed by atoms with Gasteiger partial charge in [0.15, 0.2) is 0 Å². The quantitative estimate of drug-likeness (QED) is 0.749. The Morgan fingerprint density at radius 2 is 1.78 bits per heavy atom. The number of hydrogen-bond donors (Lipinski definition) is 3. The smallest absolute Gasteiger partial charge is 0.251 e. The molecule has 0 aromatic heterocycles. The first-order valence-corrected chi connectivity index (χ1v) is 6.54. The molecule has 1 fully saturated rings. The molecule has 1 aliphatic carbocycles. The Kier molecular flexibility index (Phi) is 4.33. The molecule has 4 heteroatoms. The van der Waals surface area contributed by atoms with Crippen LogP contribution in [-0.4, -0.2) is 18.0 Å². The fraction of sp³-hybridized carbons (Fsp3) is 0.500. The molecule has 18 heavy (non-hydrogen) atoms. The van der Waals surface area contributed by atoms with Crippen molar-refractivity contribution in [2.24, 2.45) is 11.5 Å². The molecule has 1 saturated carbocycles. The lowest BCUT2D eigenvalue weighted by atomic mass is 9.91. The van der Waals surface area contributed by atoms with Crippen LogP contribution in [0.5, 0.6) is 0 Å². The summed E-state index contributed by atoms with van der Waals surface area (Å²) >= 11 is 0. The maximum Gasteiger partial charge on any atom is 0.251 e. The topological polar surface area (TPSA) is 81.1 Å². The van der Waals surface area contributed by atoms with Crippen LogP contribution in [0.25, 0.3) is 0 Å². The largest absolute Gasteiger partial charge is 0.349 e. The van der Waals surface area contributed by atoms with Gasteiger partial charge in [-0.15, -0.1) is 0 Å². The molecule has 1 aromatic carbocycles. The number of rotatable bonds is 3. The zero-order valence-corrected chi connectivity index (χ0v) is 10.6. The predicted octanol–water partition coefficient (Wildman–Crippen LogP) is 1.14. The Bertz CT molecular complexity index is 394. The first-order chi connectivity index (χ1) is 8.69. The van der Waals surface area contributed by atoms with Crippen molar-refractivity contribution in [3.8, 4) is 0 Å². The molecule has 4 nitrogen and oxygen atoms in total. The van der Waals surface area contributed by atoms with Crippen molar-refractivity contribution in [3.63, 3.8) is 0 Å². The van der Waals surface area contributed by atoms with E-state index in [1.54, 1.807) is 0 Å². The predicted molar refractivity (Wildman–Crippen MR) is 72.0 cm³/mol. The summed E-state index contributed by atoms with van der Waals surface area (Å²) in [6.45, 7) is 0.502. The minimum atomic E-state index is -0.000886. The number of carbonyl (C=O) groups excluding carboxylic acids is 1. The molecule has 0 spiro atoms. The third-order valence-electron chi connectivity index (χ3n) is 3.56. The number of nitrogens with one attached hydrogen (secondary N) is 1. The average Bonchev–Trinajstić information content (AvgIpc) is 2.41. The van der Waals surface area contributed by atoms with Crippen molar-refractivity contribution in [2.45, 2.75) is 44.3 Å². The average molecular weight is 247 g/mol.